The fourth-order valence-electron chi connectivity index (χ4n) is 1.86. The molecule has 8 heteroatoms. The van der Waals surface area contributed by atoms with Crippen LogP contribution in [0.2, 0.25) is 0 Å². The normalized spacial score (nSPS) is 13.2. The lowest BCUT2D eigenvalue weighted by Crippen LogP contribution is -2.28. The number of aryl methyl sites for hydroxylation is 2. The minimum Gasteiger partial charge on any atom is -0.271 e. The van der Waals surface area contributed by atoms with Crippen molar-refractivity contribution in [3.63, 3.8) is 0 Å². The van der Waals surface area contributed by atoms with Crippen LogP contribution in [-0.4, -0.2) is 31.2 Å². The second kappa shape index (κ2) is 6.87. The van der Waals surface area contributed by atoms with E-state index >= 15 is 0 Å². The van der Waals surface area contributed by atoms with Gasteiger partial charge in [0.05, 0.1) is 15.9 Å². The van der Waals surface area contributed by atoms with Gasteiger partial charge >= 0.3 is 0 Å². The average Bonchev–Trinajstić information content (AvgIpc) is 3.09. The largest absolute Gasteiger partial charge is 0.271 e. The van der Waals surface area contributed by atoms with Crippen LogP contribution in [0.3, 0.4) is 0 Å². The summed E-state index contributed by atoms with van der Waals surface area (Å²) < 4.78 is 4.26. The highest BCUT2D eigenvalue weighted by Crippen LogP contribution is 2.15. The Bertz CT molecular complexity index is 702. The summed E-state index contributed by atoms with van der Waals surface area (Å²) in [4.78, 5) is 12.1. The molecule has 0 aliphatic carbocycles. The molecule has 0 aliphatic heterocycles. The number of nitrogens with one attached hydrogen (secondary N) is 1. The quantitative estimate of drug-likeness (QED) is 0.651. The van der Waals surface area contributed by atoms with Crippen molar-refractivity contribution in [2.75, 3.05) is 0 Å². The van der Waals surface area contributed by atoms with Crippen LogP contribution in [-0.2, 0) is 11.3 Å². The smallest absolute Gasteiger partial charge is 0.264 e. The Morgan fingerprint density at radius 1 is 1.50 bits per heavy atom. The van der Waals surface area contributed by atoms with E-state index in [-0.39, 0.29) is 5.91 Å². The molecule has 2 heterocycles. The highest BCUT2D eigenvalue weighted by atomic mass is 79.9. The van der Waals surface area contributed by atoms with Crippen LogP contribution in [0.1, 0.15) is 38.2 Å². The Morgan fingerprint density at radius 3 is 2.77 bits per heavy atom. The number of hydrazone groups is 1. The first kappa shape index (κ1) is 16.4. The molecule has 0 unspecified atom stereocenters. The average molecular weight is 367 g/mol. The van der Waals surface area contributed by atoms with Gasteiger partial charge in [-0.2, -0.15) is 15.3 Å². The van der Waals surface area contributed by atoms with Gasteiger partial charge in [-0.3, -0.25) is 14.2 Å². The standard InChI is InChI=1S/C14H19BrN6O/c1-5-20-8-12(15)13(19-20)10(3)16-17-14(22)11(4)21-7-6-9(2)18-21/h6-8,11H,5H2,1-4H3,(H,17,22)/b16-10+/t11-/m1/s1. The minimum atomic E-state index is -0.429. The number of nitrogens with zero attached hydrogens (tertiary/aromatic N) is 5. The van der Waals surface area contributed by atoms with E-state index in [4.69, 9.17) is 0 Å². The van der Waals surface area contributed by atoms with Gasteiger partial charge in [0.2, 0.25) is 0 Å². The second-order valence-electron chi connectivity index (χ2n) is 4.97. The number of amides is 1. The Kier molecular flexibility index (Phi) is 5.12. The molecule has 22 heavy (non-hydrogen) atoms. The summed E-state index contributed by atoms with van der Waals surface area (Å²) in [6, 6.07) is 1.43. The molecule has 1 amide bonds. The molecule has 0 spiro atoms. The summed E-state index contributed by atoms with van der Waals surface area (Å²) in [6.45, 7) is 8.23. The van der Waals surface area contributed by atoms with Gasteiger partial charge in [-0.1, -0.05) is 0 Å². The Hall–Kier alpha value is -1.96. The number of carbonyl (C=O) groups is 1. The molecule has 1 atom stereocenters. The number of halogens is 1. The highest BCUT2D eigenvalue weighted by molar-refractivity contribution is 9.10. The number of hydrogen-bond acceptors (Lipinski definition) is 4. The van der Waals surface area contributed by atoms with E-state index in [0.29, 0.717) is 11.4 Å². The zero-order valence-electron chi connectivity index (χ0n) is 13.0. The molecule has 0 bridgehead atoms. The zero-order valence-corrected chi connectivity index (χ0v) is 14.6. The predicted molar refractivity (Wildman–Crippen MR) is 87.6 cm³/mol. The second-order valence-corrected chi connectivity index (χ2v) is 5.82. The zero-order chi connectivity index (χ0) is 16.3. The van der Waals surface area contributed by atoms with E-state index in [0.717, 1.165) is 16.7 Å². The van der Waals surface area contributed by atoms with Crippen molar-refractivity contribution in [1.29, 1.82) is 0 Å². The van der Waals surface area contributed by atoms with Gasteiger partial charge in [0.25, 0.3) is 5.91 Å². The molecule has 118 valence electrons. The number of hydrogen-bond donors (Lipinski definition) is 1. The fourth-order valence-corrected chi connectivity index (χ4v) is 2.46. The maximum Gasteiger partial charge on any atom is 0.264 e. The van der Waals surface area contributed by atoms with Crippen molar-refractivity contribution in [3.8, 4) is 0 Å². The van der Waals surface area contributed by atoms with Crippen molar-refractivity contribution in [3.05, 3.63) is 34.3 Å². The van der Waals surface area contributed by atoms with Crippen LogP contribution in [0, 0.1) is 6.92 Å². The van der Waals surface area contributed by atoms with Gasteiger partial charge < -0.3 is 0 Å². The monoisotopic (exact) mass is 366 g/mol. The third kappa shape index (κ3) is 3.62. The van der Waals surface area contributed by atoms with Crippen molar-refractivity contribution in [1.82, 2.24) is 25.0 Å². The number of aromatic nitrogens is 4. The van der Waals surface area contributed by atoms with Crippen LogP contribution in [0.25, 0.3) is 0 Å². The predicted octanol–water partition coefficient (Wildman–Crippen LogP) is 2.27. The summed E-state index contributed by atoms with van der Waals surface area (Å²) in [5, 5.41) is 12.7. The molecular formula is C14H19BrN6O. The van der Waals surface area contributed by atoms with Crippen LogP contribution < -0.4 is 5.43 Å². The molecule has 2 aromatic rings. The molecule has 0 fully saturated rings. The molecule has 7 nitrogen and oxygen atoms in total. The summed E-state index contributed by atoms with van der Waals surface area (Å²) in [6.07, 6.45) is 3.65. The number of rotatable bonds is 5. The molecular weight excluding hydrogens is 348 g/mol. The lowest BCUT2D eigenvalue weighted by molar-refractivity contribution is -0.124. The van der Waals surface area contributed by atoms with E-state index in [2.05, 4.69) is 36.7 Å². The maximum atomic E-state index is 12.1. The molecule has 0 saturated carbocycles. The van der Waals surface area contributed by atoms with Crippen LogP contribution in [0.5, 0.6) is 0 Å². The molecule has 0 radical (unpaired) electrons. The van der Waals surface area contributed by atoms with Gasteiger partial charge in [-0.25, -0.2) is 5.43 Å². The lowest BCUT2D eigenvalue weighted by atomic mass is 10.3. The summed E-state index contributed by atoms with van der Waals surface area (Å²) in [5.74, 6) is -0.228. The third-order valence-electron chi connectivity index (χ3n) is 3.24. The summed E-state index contributed by atoms with van der Waals surface area (Å²) in [7, 11) is 0. The molecule has 0 aromatic carbocycles. The first-order valence-electron chi connectivity index (χ1n) is 7.01. The van der Waals surface area contributed by atoms with Crippen LogP contribution in [0.4, 0.5) is 0 Å². The van der Waals surface area contributed by atoms with E-state index in [9.17, 15) is 4.79 Å². The van der Waals surface area contributed by atoms with Crippen LogP contribution >= 0.6 is 15.9 Å². The summed E-state index contributed by atoms with van der Waals surface area (Å²) >= 11 is 3.44. The number of carbonyl (C=O) groups excluding carboxylic acids is 1. The van der Waals surface area contributed by atoms with Crippen molar-refractivity contribution >= 4 is 27.5 Å². The Labute approximate surface area is 137 Å². The Balaban J connectivity index is 2.06. The van der Waals surface area contributed by atoms with Gasteiger partial charge in [0, 0.05) is 18.9 Å². The van der Waals surface area contributed by atoms with Crippen LogP contribution in [0.15, 0.2) is 28.0 Å². The highest BCUT2D eigenvalue weighted by Gasteiger charge is 2.16. The van der Waals surface area contributed by atoms with E-state index in [1.165, 1.54) is 0 Å². The van der Waals surface area contributed by atoms with Gasteiger partial charge in [-0.05, 0) is 49.7 Å². The fraction of sp³-hybridized carbons (Fsp3) is 0.429. The molecule has 0 saturated heterocycles. The third-order valence-corrected chi connectivity index (χ3v) is 3.82. The lowest BCUT2D eigenvalue weighted by Gasteiger charge is -2.10. The molecule has 0 aliphatic rings. The summed E-state index contributed by atoms with van der Waals surface area (Å²) in [5.41, 5.74) is 4.78. The molecule has 2 rings (SSSR count). The van der Waals surface area contributed by atoms with Gasteiger partial charge in [-0.15, -0.1) is 0 Å². The van der Waals surface area contributed by atoms with Gasteiger partial charge in [0.1, 0.15) is 11.7 Å². The van der Waals surface area contributed by atoms with E-state index in [1.54, 1.807) is 29.4 Å². The van der Waals surface area contributed by atoms with Crippen molar-refractivity contribution in [2.45, 2.75) is 40.3 Å². The first-order chi connectivity index (χ1) is 10.4. The topological polar surface area (TPSA) is 77.1 Å². The first-order valence-corrected chi connectivity index (χ1v) is 7.81. The SMILES string of the molecule is CCn1cc(Br)c(/C(C)=N/NC(=O)[C@@H](C)n2ccc(C)n2)n1. The maximum absolute atomic E-state index is 12.1. The molecule has 2 aromatic heterocycles. The molecule has 1 N–H and O–H groups in total. The Morgan fingerprint density at radius 2 is 2.23 bits per heavy atom. The van der Waals surface area contributed by atoms with Crippen molar-refractivity contribution < 1.29 is 4.79 Å². The van der Waals surface area contributed by atoms with E-state index in [1.807, 2.05) is 26.1 Å². The van der Waals surface area contributed by atoms with Gasteiger partial charge in [0.15, 0.2) is 0 Å². The van der Waals surface area contributed by atoms with Crippen molar-refractivity contribution in [2.24, 2.45) is 5.10 Å². The minimum absolute atomic E-state index is 0.228. The van der Waals surface area contributed by atoms with E-state index < -0.39 is 6.04 Å².